The number of ketones is 1. The molecule has 0 spiro atoms. The molecule has 0 N–H and O–H groups in total. The smallest absolute Gasteiger partial charge is 0.410 e. The number of carbonyl (C=O) groups is 2. The Balaban J connectivity index is 2.04. The van der Waals surface area contributed by atoms with Gasteiger partial charge in [0.15, 0.2) is 5.78 Å². The predicted octanol–water partition coefficient (Wildman–Crippen LogP) is 3.55. The highest BCUT2D eigenvalue weighted by Crippen LogP contribution is 2.19. The lowest BCUT2D eigenvalue weighted by atomic mass is 10.0. The number of halogens is 1. The molecular weight excluding hydrogens is 318 g/mol. The highest BCUT2D eigenvalue weighted by Gasteiger charge is 2.32. The first-order valence-electron chi connectivity index (χ1n) is 7.62. The number of benzene rings is 1. The molecule has 5 nitrogen and oxygen atoms in total. The van der Waals surface area contributed by atoms with Gasteiger partial charge in [-0.1, -0.05) is 11.6 Å². The molecule has 1 unspecified atom stereocenters. The minimum Gasteiger partial charge on any atom is -0.444 e. The van der Waals surface area contributed by atoms with Gasteiger partial charge in [0.1, 0.15) is 5.60 Å². The third-order valence-corrected chi connectivity index (χ3v) is 3.69. The molecule has 6 heteroatoms. The van der Waals surface area contributed by atoms with Crippen LogP contribution in [-0.4, -0.2) is 48.2 Å². The Morgan fingerprint density at radius 3 is 2.57 bits per heavy atom. The molecule has 0 bridgehead atoms. The van der Waals surface area contributed by atoms with Crippen molar-refractivity contribution in [2.45, 2.75) is 38.8 Å². The van der Waals surface area contributed by atoms with Crippen LogP contribution in [0.25, 0.3) is 0 Å². The van der Waals surface area contributed by atoms with E-state index >= 15 is 0 Å². The maximum absolute atomic E-state index is 12.4. The van der Waals surface area contributed by atoms with Crippen molar-refractivity contribution in [1.82, 2.24) is 4.90 Å². The van der Waals surface area contributed by atoms with Crippen molar-refractivity contribution in [3.8, 4) is 0 Å². The molecule has 1 atom stereocenters. The number of carbonyl (C=O) groups excluding carboxylic acids is 2. The van der Waals surface area contributed by atoms with Gasteiger partial charge < -0.3 is 14.4 Å². The summed E-state index contributed by atoms with van der Waals surface area (Å²) in [5, 5.41) is 0.581. The van der Waals surface area contributed by atoms with Crippen LogP contribution < -0.4 is 0 Å². The Hall–Kier alpha value is -1.59. The molecule has 126 valence electrons. The topological polar surface area (TPSA) is 55.8 Å². The molecule has 1 amide bonds. The Morgan fingerprint density at radius 1 is 1.30 bits per heavy atom. The van der Waals surface area contributed by atoms with Crippen LogP contribution in [0.2, 0.25) is 5.02 Å². The largest absolute Gasteiger partial charge is 0.444 e. The standard InChI is InChI=1S/C17H22ClNO4/c1-17(2,3)23-16(21)19-8-9-22-11-14(19)10-15(20)12-4-6-13(18)7-5-12/h4-7,14H,8-11H2,1-3H3. The average molecular weight is 340 g/mol. The average Bonchev–Trinajstić information content (AvgIpc) is 2.46. The van der Waals surface area contributed by atoms with Gasteiger partial charge in [-0.2, -0.15) is 0 Å². The fraction of sp³-hybridized carbons (Fsp3) is 0.529. The summed E-state index contributed by atoms with van der Waals surface area (Å²) in [6, 6.07) is 6.41. The van der Waals surface area contributed by atoms with Gasteiger partial charge >= 0.3 is 6.09 Å². The highest BCUT2D eigenvalue weighted by atomic mass is 35.5. The van der Waals surface area contributed by atoms with Crippen LogP contribution in [-0.2, 0) is 9.47 Å². The summed E-state index contributed by atoms with van der Waals surface area (Å²) in [7, 11) is 0. The quantitative estimate of drug-likeness (QED) is 0.790. The second-order valence-electron chi connectivity index (χ2n) is 6.54. The molecule has 0 aliphatic carbocycles. The summed E-state index contributed by atoms with van der Waals surface area (Å²) >= 11 is 5.83. The molecule has 23 heavy (non-hydrogen) atoms. The molecule has 2 rings (SSSR count). The normalized spacial score (nSPS) is 18.6. The minimum absolute atomic E-state index is 0.0503. The third-order valence-electron chi connectivity index (χ3n) is 3.44. The highest BCUT2D eigenvalue weighted by molar-refractivity contribution is 6.30. The SMILES string of the molecule is CC(C)(C)OC(=O)N1CCOCC1CC(=O)c1ccc(Cl)cc1. The number of ether oxygens (including phenoxy) is 2. The number of Topliss-reactive ketones (excluding diaryl/α,β-unsaturated/α-hetero) is 1. The lowest BCUT2D eigenvalue weighted by molar-refractivity contribution is -0.0322. The van der Waals surface area contributed by atoms with Crippen LogP contribution >= 0.6 is 11.6 Å². The summed E-state index contributed by atoms with van der Waals surface area (Å²) in [4.78, 5) is 26.3. The molecule has 1 heterocycles. The van der Waals surface area contributed by atoms with Gasteiger partial charge in [0.05, 0.1) is 19.3 Å². The first kappa shape index (κ1) is 17.8. The van der Waals surface area contributed by atoms with Crippen molar-refractivity contribution in [3.05, 3.63) is 34.9 Å². The Bertz CT molecular complexity index is 565. The van der Waals surface area contributed by atoms with Gasteiger partial charge in [-0.25, -0.2) is 4.79 Å². The number of amides is 1. The Kier molecular flexibility index (Phi) is 5.65. The second-order valence-corrected chi connectivity index (χ2v) is 6.97. The number of hydrogen-bond donors (Lipinski definition) is 0. The van der Waals surface area contributed by atoms with Crippen LogP contribution in [0.1, 0.15) is 37.6 Å². The molecule has 0 radical (unpaired) electrons. The van der Waals surface area contributed by atoms with Crippen molar-refractivity contribution < 1.29 is 19.1 Å². The van der Waals surface area contributed by atoms with Crippen LogP contribution in [0.5, 0.6) is 0 Å². The van der Waals surface area contributed by atoms with E-state index in [9.17, 15) is 9.59 Å². The van der Waals surface area contributed by atoms with Crippen molar-refractivity contribution >= 4 is 23.5 Å². The van der Waals surface area contributed by atoms with Crippen LogP contribution in [0, 0.1) is 0 Å². The lowest BCUT2D eigenvalue weighted by Crippen LogP contribution is -2.51. The van der Waals surface area contributed by atoms with Crippen molar-refractivity contribution in [1.29, 1.82) is 0 Å². The van der Waals surface area contributed by atoms with Crippen LogP contribution in [0.4, 0.5) is 4.79 Å². The number of hydrogen-bond acceptors (Lipinski definition) is 4. The summed E-state index contributed by atoms with van der Waals surface area (Å²) in [6.07, 6.45) is -0.212. The molecule has 1 saturated heterocycles. The first-order chi connectivity index (χ1) is 10.8. The summed E-state index contributed by atoms with van der Waals surface area (Å²) in [5.41, 5.74) is 0.00393. The maximum Gasteiger partial charge on any atom is 0.410 e. The van der Waals surface area contributed by atoms with Crippen molar-refractivity contribution in [3.63, 3.8) is 0 Å². The van der Waals surface area contributed by atoms with E-state index < -0.39 is 11.7 Å². The van der Waals surface area contributed by atoms with E-state index in [4.69, 9.17) is 21.1 Å². The monoisotopic (exact) mass is 339 g/mol. The van der Waals surface area contributed by atoms with Crippen LogP contribution in [0.15, 0.2) is 24.3 Å². The number of morpholine rings is 1. The molecule has 1 aromatic rings. The number of nitrogens with zero attached hydrogens (tertiary/aromatic N) is 1. The second kappa shape index (κ2) is 7.32. The third kappa shape index (κ3) is 5.22. The van der Waals surface area contributed by atoms with E-state index in [1.165, 1.54) is 0 Å². The Morgan fingerprint density at radius 2 is 1.96 bits per heavy atom. The molecule has 0 saturated carbocycles. The van der Waals surface area contributed by atoms with Gasteiger partial charge in [0, 0.05) is 23.6 Å². The molecule has 1 aliphatic rings. The molecule has 1 aromatic carbocycles. The molecule has 0 aromatic heterocycles. The zero-order chi connectivity index (χ0) is 17.0. The summed E-state index contributed by atoms with van der Waals surface area (Å²) in [5.74, 6) is -0.0503. The van der Waals surface area contributed by atoms with E-state index in [-0.39, 0.29) is 18.2 Å². The molecule has 1 aliphatic heterocycles. The van der Waals surface area contributed by atoms with E-state index in [0.29, 0.717) is 30.3 Å². The summed E-state index contributed by atoms with van der Waals surface area (Å²) < 4.78 is 10.8. The molecule has 1 fully saturated rings. The van der Waals surface area contributed by atoms with Gasteiger partial charge in [0.25, 0.3) is 0 Å². The van der Waals surface area contributed by atoms with Gasteiger partial charge in [-0.3, -0.25) is 4.79 Å². The number of rotatable bonds is 3. The van der Waals surface area contributed by atoms with Crippen LogP contribution in [0.3, 0.4) is 0 Å². The minimum atomic E-state index is -0.569. The van der Waals surface area contributed by atoms with Gasteiger partial charge in [0.2, 0.25) is 0 Å². The van der Waals surface area contributed by atoms with Crippen molar-refractivity contribution in [2.24, 2.45) is 0 Å². The maximum atomic E-state index is 12.4. The molecular formula is C17H22ClNO4. The lowest BCUT2D eigenvalue weighted by Gasteiger charge is -2.36. The zero-order valence-corrected chi connectivity index (χ0v) is 14.4. The zero-order valence-electron chi connectivity index (χ0n) is 13.7. The summed E-state index contributed by atoms with van der Waals surface area (Å²) in [6.45, 7) is 6.66. The fourth-order valence-electron chi connectivity index (χ4n) is 2.35. The van der Waals surface area contributed by atoms with E-state index in [0.717, 1.165) is 0 Å². The van der Waals surface area contributed by atoms with E-state index in [2.05, 4.69) is 0 Å². The fourth-order valence-corrected chi connectivity index (χ4v) is 2.48. The van der Waals surface area contributed by atoms with E-state index in [1.54, 1.807) is 29.2 Å². The predicted molar refractivity (Wildman–Crippen MR) is 87.9 cm³/mol. The van der Waals surface area contributed by atoms with Gasteiger partial charge in [-0.15, -0.1) is 0 Å². The van der Waals surface area contributed by atoms with Crippen molar-refractivity contribution in [2.75, 3.05) is 19.8 Å². The van der Waals surface area contributed by atoms with Gasteiger partial charge in [-0.05, 0) is 45.0 Å². The van der Waals surface area contributed by atoms with E-state index in [1.807, 2.05) is 20.8 Å². The Labute approximate surface area is 141 Å². The first-order valence-corrected chi connectivity index (χ1v) is 8.00.